The van der Waals surface area contributed by atoms with Gasteiger partial charge < -0.3 is 10.0 Å². The summed E-state index contributed by atoms with van der Waals surface area (Å²) in [6, 6.07) is 10.3. The van der Waals surface area contributed by atoms with Crippen LogP contribution in [0.3, 0.4) is 0 Å². The number of nitrogens with zero attached hydrogens (tertiary/aromatic N) is 3. The number of aromatic nitrogens is 1. The van der Waals surface area contributed by atoms with Crippen LogP contribution in [0.15, 0.2) is 42.6 Å². The largest absolute Gasteiger partial charge is 0.417 e. The molecule has 0 bridgehead atoms. The van der Waals surface area contributed by atoms with Crippen molar-refractivity contribution in [1.82, 2.24) is 9.88 Å². The van der Waals surface area contributed by atoms with E-state index in [9.17, 15) is 18.3 Å². The number of piperazine rings is 1. The Morgan fingerprint density at radius 1 is 1.12 bits per heavy atom. The number of rotatable bonds is 4. The lowest BCUT2D eigenvalue weighted by atomic mass is 10.1. The lowest BCUT2D eigenvalue weighted by molar-refractivity contribution is -0.137. The molecule has 1 aromatic carbocycles. The van der Waals surface area contributed by atoms with Crippen LogP contribution < -0.4 is 4.90 Å². The van der Waals surface area contributed by atoms with E-state index in [1.165, 1.54) is 0 Å². The molecule has 3 rings (SSSR count). The van der Waals surface area contributed by atoms with Crippen molar-refractivity contribution in [1.29, 1.82) is 0 Å². The van der Waals surface area contributed by atoms with Crippen LogP contribution in [0.2, 0.25) is 5.02 Å². The van der Waals surface area contributed by atoms with Gasteiger partial charge in [0.1, 0.15) is 5.82 Å². The zero-order valence-electron chi connectivity index (χ0n) is 14.0. The Morgan fingerprint density at radius 3 is 2.35 bits per heavy atom. The van der Waals surface area contributed by atoms with Crippen LogP contribution >= 0.6 is 11.6 Å². The fourth-order valence-electron chi connectivity index (χ4n) is 2.99. The van der Waals surface area contributed by atoms with Crippen molar-refractivity contribution in [2.24, 2.45) is 0 Å². The molecule has 1 atom stereocenters. The molecule has 0 amide bonds. The molecule has 1 N–H and O–H groups in total. The number of halogens is 4. The van der Waals surface area contributed by atoms with Gasteiger partial charge in [0.2, 0.25) is 0 Å². The van der Waals surface area contributed by atoms with E-state index < -0.39 is 17.8 Å². The number of hydrogen-bond acceptors (Lipinski definition) is 4. The second-order valence-corrected chi connectivity index (χ2v) is 6.65. The third kappa shape index (κ3) is 4.47. The summed E-state index contributed by atoms with van der Waals surface area (Å²) in [7, 11) is 0. The standard InChI is InChI=1S/C18H19ClF3N3O/c19-15-10-14(18(20,21)22)11-23-17(15)25-8-6-24(7-9-25)12-16(26)13-4-2-1-3-5-13/h1-5,10-11,16,26H,6-9,12H2/t16-/m0/s1. The third-order valence-corrected chi connectivity index (χ3v) is 4.71. The highest BCUT2D eigenvalue weighted by atomic mass is 35.5. The van der Waals surface area contributed by atoms with Crippen molar-refractivity contribution in [3.05, 3.63) is 58.7 Å². The Kier molecular flexibility index (Phi) is 5.70. The minimum absolute atomic E-state index is 0.00223. The van der Waals surface area contributed by atoms with Crippen molar-refractivity contribution in [3.8, 4) is 0 Å². The number of hydrogen-bond donors (Lipinski definition) is 1. The van der Waals surface area contributed by atoms with E-state index in [2.05, 4.69) is 9.88 Å². The second-order valence-electron chi connectivity index (χ2n) is 6.24. The average Bonchev–Trinajstić information content (AvgIpc) is 2.62. The molecule has 1 aliphatic heterocycles. The van der Waals surface area contributed by atoms with Crippen LogP contribution in [0.4, 0.5) is 19.0 Å². The van der Waals surface area contributed by atoms with E-state index in [0.29, 0.717) is 38.5 Å². The summed E-state index contributed by atoms with van der Waals surface area (Å²) in [6.45, 7) is 3.01. The highest BCUT2D eigenvalue weighted by molar-refractivity contribution is 6.33. The van der Waals surface area contributed by atoms with Gasteiger partial charge in [0.05, 0.1) is 16.7 Å². The first-order valence-electron chi connectivity index (χ1n) is 8.27. The second kappa shape index (κ2) is 7.82. The molecule has 4 nitrogen and oxygen atoms in total. The summed E-state index contributed by atoms with van der Waals surface area (Å²) < 4.78 is 38.1. The summed E-state index contributed by atoms with van der Waals surface area (Å²) in [5.74, 6) is 0.364. The Labute approximate surface area is 154 Å². The maximum atomic E-state index is 12.7. The van der Waals surface area contributed by atoms with Gasteiger partial charge in [0, 0.05) is 38.9 Å². The van der Waals surface area contributed by atoms with Crippen LogP contribution in [0.1, 0.15) is 17.2 Å². The lowest BCUT2D eigenvalue weighted by Crippen LogP contribution is -2.48. The number of β-amino-alcohol motifs (C(OH)–C–C–N with tert-alkyl or cyclic N) is 1. The van der Waals surface area contributed by atoms with Crippen LogP contribution in [0.25, 0.3) is 0 Å². The molecule has 1 aliphatic rings. The van der Waals surface area contributed by atoms with Crippen molar-refractivity contribution in [2.75, 3.05) is 37.6 Å². The fourth-order valence-corrected chi connectivity index (χ4v) is 3.27. The van der Waals surface area contributed by atoms with Crippen LogP contribution in [0, 0.1) is 0 Å². The predicted octanol–water partition coefficient (Wildman–Crippen LogP) is 3.61. The van der Waals surface area contributed by atoms with Crippen LogP contribution in [-0.2, 0) is 6.18 Å². The first-order valence-corrected chi connectivity index (χ1v) is 8.65. The molecule has 0 radical (unpaired) electrons. The molecule has 0 aliphatic carbocycles. The molecule has 140 valence electrons. The van der Waals surface area contributed by atoms with Gasteiger partial charge in [-0.3, -0.25) is 4.90 Å². The SMILES string of the molecule is O[C@@H](CN1CCN(c2ncc(C(F)(F)F)cc2Cl)CC1)c1ccccc1. The quantitative estimate of drug-likeness (QED) is 0.872. The normalized spacial score (nSPS) is 17.3. The summed E-state index contributed by atoms with van der Waals surface area (Å²) in [6.07, 6.45) is -4.22. The molecule has 2 heterocycles. The van der Waals surface area contributed by atoms with Gasteiger partial charge in [-0.15, -0.1) is 0 Å². The molecule has 8 heteroatoms. The minimum Gasteiger partial charge on any atom is -0.387 e. The van der Waals surface area contributed by atoms with E-state index >= 15 is 0 Å². The monoisotopic (exact) mass is 385 g/mol. The molecule has 0 unspecified atom stereocenters. The molecular weight excluding hydrogens is 367 g/mol. The van der Waals surface area contributed by atoms with Crippen molar-refractivity contribution < 1.29 is 18.3 Å². The number of benzene rings is 1. The topological polar surface area (TPSA) is 39.6 Å². The third-order valence-electron chi connectivity index (χ3n) is 4.44. The summed E-state index contributed by atoms with van der Waals surface area (Å²) >= 11 is 6.01. The number of aliphatic hydroxyl groups is 1. The average molecular weight is 386 g/mol. The number of alkyl halides is 3. The highest BCUT2D eigenvalue weighted by Gasteiger charge is 2.32. The summed E-state index contributed by atoms with van der Waals surface area (Å²) in [5, 5.41) is 10.3. The molecule has 1 saturated heterocycles. The number of aliphatic hydroxyl groups excluding tert-OH is 1. The van der Waals surface area contributed by atoms with Crippen molar-refractivity contribution >= 4 is 17.4 Å². The van der Waals surface area contributed by atoms with Gasteiger partial charge in [-0.2, -0.15) is 13.2 Å². The van der Waals surface area contributed by atoms with Gasteiger partial charge in [-0.1, -0.05) is 41.9 Å². The van der Waals surface area contributed by atoms with Gasteiger partial charge in [0.15, 0.2) is 0 Å². The van der Waals surface area contributed by atoms with Gasteiger partial charge in [0.25, 0.3) is 0 Å². The Morgan fingerprint density at radius 2 is 1.77 bits per heavy atom. The smallest absolute Gasteiger partial charge is 0.387 e. The zero-order valence-corrected chi connectivity index (χ0v) is 14.7. The maximum Gasteiger partial charge on any atom is 0.417 e. The first kappa shape index (κ1) is 18.9. The number of pyridine rings is 1. The molecule has 1 fully saturated rings. The van der Waals surface area contributed by atoms with Crippen molar-refractivity contribution in [3.63, 3.8) is 0 Å². The molecule has 2 aromatic rings. The van der Waals surface area contributed by atoms with Crippen molar-refractivity contribution in [2.45, 2.75) is 12.3 Å². The Bertz CT molecular complexity index is 734. The van der Waals surface area contributed by atoms with E-state index in [4.69, 9.17) is 11.6 Å². The van der Waals surface area contributed by atoms with Crippen LogP contribution in [-0.4, -0.2) is 47.7 Å². The van der Waals surface area contributed by atoms with E-state index in [0.717, 1.165) is 17.8 Å². The highest BCUT2D eigenvalue weighted by Crippen LogP contribution is 2.33. The first-order chi connectivity index (χ1) is 12.3. The van der Waals surface area contributed by atoms with E-state index in [1.807, 2.05) is 35.2 Å². The molecule has 26 heavy (non-hydrogen) atoms. The summed E-state index contributed by atoms with van der Waals surface area (Å²) in [5.41, 5.74) is 0.0123. The van der Waals surface area contributed by atoms with E-state index in [1.54, 1.807) is 0 Å². The van der Waals surface area contributed by atoms with Gasteiger partial charge >= 0.3 is 6.18 Å². The molecule has 0 saturated carbocycles. The predicted molar refractivity (Wildman–Crippen MR) is 94.3 cm³/mol. The maximum absolute atomic E-state index is 12.7. The van der Waals surface area contributed by atoms with Crippen LogP contribution in [0.5, 0.6) is 0 Å². The zero-order chi connectivity index (χ0) is 18.7. The fraction of sp³-hybridized carbons (Fsp3) is 0.389. The lowest BCUT2D eigenvalue weighted by Gasteiger charge is -2.36. The van der Waals surface area contributed by atoms with Gasteiger partial charge in [-0.05, 0) is 11.6 Å². The minimum atomic E-state index is -4.46. The van der Waals surface area contributed by atoms with E-state index in [-0.39, 0.29) is 5.02 Å². The Hall–Kier alpha value is -1.83. The summed E-state index contributed by atoms with van der Waals surface area (Å²) in [4.78, 5) is 7.89. The molecular formula is C18H19ClF3N3O. The van der Waals surface area contributed by atoms with Gasteiger partial charge in [-0.25, -0.2) is 4.98 Å². The molecule has 0 spiro atoms. The molecule has 1 aromatic heterocycles. The Balaban J connectivity index is 1.58. The number of anilines is 1.